The van der Waals surface area contributed by atoms with Crippen LogP contribution in [0.2, 0.25) is 5.02 Å². The molecule has 2 aromatic rings. The molecule has 2 amide bonds. The monoisotopic (exact) mass is 428 g/mol. The minimum atomic E-state index is -0.521. The second-order valence-corrected chi connectivity index (χ2v) is 8.43. The first kappa shape index (κ1) is 23.9. The number of hydrogen-bond donors (Lipinski definition) is 1. The Labute approximate surface area is 185 Å². The van der Waals surface area contributed by atoms with Crippen molar-refractivity contribution in [2.24, 2.45) is 0 Å². The number of halogens is 1. The lowest BCUT2D eigenvalue weighted by atomic mass is 10.0. The summed E-state index contributed by atoms with van der Waals surface area (Å²) in [6.45, 7) is 10.4. The van der Waals surface area contributed by atoms with Crippen molar-refractivity contribution in [1.29, 1.82) is 0 Å². The minimum Gasteiger partial charge on any atom is -0.352 e. The lowest BCUT2D eigenvalue weighted by Gasteiger charge is -2.31. The van der Waals surface area contributed by atoms with E-state index < -0.39 is 6.04 Å². The van der Waals surface area contributed by atoms with Gasteiger partial charge in [-0.2, -0.15) is 0 Å². The highest BCUT2D eigenvalue weighted by Gasteiger charge is 2.29. The molecule has 0 fully saturated rings. The number of hydrogen-bond acceptors (Lipinski definition) is 2. The molecule has 0 saturated carbocycles. The number of aryl methyl sites for hydroxylation is 2. The molecule has 0 aliphatic carbocycles. The Kier molecular flexibility index (Phi) is 8.91. The van der Waals surface area contributed by atoms with Crippen LogP contribution in [0.3, 0.4) is 0 Å². The van der Waals surface area contributed by atoms with Gasteiger partial charge >= 0.3 is 0 Å². The van der Waals surface area contributed by atoms with Crippen molar-refractivity contribution in [2.45, 2.75) is 72.5 Å². The molecule has 4 nitrogen and oxygen atoms in total. The van der Waals surface area contributed by atoms with Crippen LogP contribution >= 0.6 is 11.6 Å². The van der Waals surface area contributed by atoms with Crippen LogP contribution in [-0.4, -0.2) is 28.8 Å². The summed E-state index contributed by atoms with van der Waals surface area (Å²) in [5.74, 6) is -0.153. The van der Waals surface area contributed by atoms with E-state index in [1.807, 2.05) is 77.1 Å². The normalized spacial score (nSPS) is 12.9. The molecule has 162 valence electrons. The minimum absolute atomic E-state index is 0.0511. The summed E-state index contributed by atoms with van der Waals surface area (Å²) in [6, 6.07) is 13.1. The van der Waals surface area contributed by atoms with Crippen molar-refractivity contribution in [3.05, 3.63) is 69.7 Å². The van der Waals surface area contributed by atoms with Crippen LogP contribution in [0.5, 0.6) is 0 Å². The lowest BCUT2D eigenvalue weighted by Crippen LogP contribution is -2.51. The van der Waals surface area contributed by atoms with Gasteiger partial charge in [0.25, 0.3) is 0 Å². The summed E-state index contributed by atoms with van der Waals surface area (Å²) in [4.78, 5) is 28.1. The Morgan fingerprint density at radius 1 is 1.03 bits per heavy atom. The highest BCUT2D eigenvalue weighted by molar-refractivity contribution is 6.30. The third kappa shape index (κ3) is 6.60. The fraction of sp³-hybridized carbons (Fsp3) is 0.440. The molecule has 1 N–H and O–H groups in total. The van der Waals surface area contributed by atoms with Crippen LogP contribution < -0.4 is 5.32 Å². The van der Waals surface area contributed by atoms with Crippen LogP contribution in [0, 0.1) is 13.8 Å². The van der Waals surface area contributed by atoms with Crippen LogP contribution in [-0.2, 0) is 22.6 Å². The van der Waals surface area contributed by atoms with Gasteiger partial charge in [0.05, 0.1) is 6.42 Å². The molecule has 2 atom stereocenters. The van der Waals surface area contributed by atoms with Gasteiger partial charge < -0.3 is 10.2 Å². The maximum Gasteiger partial charge on any atom is 0.243 e. The smallest absolute Gasteiger partial charge is 0.243 e. The van der Waals surface area contributed by atoms with Gasteiger partial charge in [0, 0.05) is 17.6 Å². The van der Waals surface area contributed by atoms with Gasteiger partial charge in [-0.1, -0.05) is 61.3 Å². The molecule has 2 rings (SSSR count). The maximum atomic E-state index is 13.4. The fourth-order valence-corrected chi connectivity index (χ4v) is 3.53. The number of nitrogens with zero attached hydrogens (tertiary/aromatic N) is 1. The Morgan fingerprint density at radius 3 is 2.30 bits per heavy atom. The van der Waals surface area contributed by atoms with E-state index in [4.69, 9.17) is 11.6 Å². The lowest BCUT2D eigenvalue weighted by molar-refractivity contribution is -0.141. The van der Waals surface area contributed by atoms with E-state index in [1.54, 1.807) is 4.90 Å². The number of benzene rings is 2. The van der Waals surface area contributed by atoms with E-state index in [2.05, 4.69) is 5.32 Å². The zero-order chi connectivity index (χ0) is 22.3. The molecule has 0 unspecified atom stereocenters. The van der Waals surface area contributed by atoms with Crippen molar-refractivity contribution >= 4 is 23.4 Å². The molecule has 0 heterocycles. The van der Waals surface area contributed by atoms with Gasteiger partial charge in [0.15, 0.2) is 0 Å². The van der Waals surface area contributed by atoms with Crippen molar-refractivity contribution in [2.75, 3.05) is 0 Å². The van der Waals surface area contributed by atoms with E-state index in [0.717, 1.165) is 28.7 Å². The predicted octanol–water partition coefficient (Wildman–Crippen LogP) is 5.22. The second kappa shape index (κ2) is 11.2. The zero-order valence-corrected chi connectivity index (χ0v) is 19.4. The topological polar surface area (TPSA) is 49.4 Å². The van der Waals surface area contributed by atoms with Crippen LogP contribution in [0.25, 0.3) is 0 Å². The van der Waals surface area contributed by atoms with Crippen LogP contribution in [0.4, 0.5) is 0 Å². The Balaban J connectivity index is 2.32. The molecule has 0 bridgehead atoms. The first-order valence-electron chi connectivity index (χ1n) is 10.7. The number of nitrogens with one attached hydrogen (secondary N) is 1. The number of rotatable bonds is 9. The van der Waals surface area contributed by atoms with E-state index in [-0.39, 0.29) is 24.3 Å². The summed E-state index contributed by atoms with van der Waals surface area (Å²) >= 11 is 6.02. The summed E-state index contributed by atoms with van der Waals surface area (Å²) in [6.07, 6.45) is 1.67. The molecule has 0 spiro atoms. The van der Waals surface area contributed by atoms with Gasteiger partial charge in [0.2, 0.25) is 11.8 Å². The number of carbonyl (C=O) groups is 2. The highest BCUT2D eigenvalue weighted by atomic mass is 35.5. The third-order valence-corrected chi connectivity index (χ3v) is 5.75. The van der Waals surface area contributed by atoms with Crippen molar-refractivity contribution in [3.8, 4) is 0 Å². The molecule has 0 saturated heterocycles. The second-order valence-electron chi connectivity index (χ2n) is 8.00. The molecule has 0 aromatic heterocycles. The van der Waals surface area contributed by atoms with Crippen molar-refractivity contribution in [1.82, 2.24) is 10.2 Å². The molecular weight excluding hydrogens is 396 g/mol. The molecule has 0 radical (unpaired) electrons. The van der Waals surface area contributed by atoms with Crippen molar-refractivity contribution in [3.63, 3.8) is 0 Å². The summed E-state index contributed by atoms with van der Waals surface area (Å²) in [5.41, 5.74) is 4.15. The van der Waals surface area contributed by atoms with Gasteiger partial charge in [-0.05, 0) is 62.4 Å². The third-order valence-electron chi connectivity index (χ3n) is 5.50. The summed E-state index contributed by atoms with van der Waals surface area (Å²) in [7, 11) is 0. The van der Waals surface area contributed by atoms with Crippen LogP contribution in [0.1, 0.15) is 55.9 Å². The molecule has 2 aromatic carbocycles. The molecule has 5 heteroatoms. The average Bonchev–Trinajstić information content (AvgIpc) is 2.71. The SMILES string of the molecule is CC[C@H](C(=O)N[C@@H](C)CC)N(Cc1ccc(Cl)cc1)C(=O)Cc1cc(C)ccc1C. The highest BCUT2D eigenvalue weighted by Crippen LogP contribution is 2.18. The van der Waals surface area contributed by atoms with Crippen molar-refractivity contribution < 1.29 is 9.59 Å². The average molecular weight is 429 g/mol. The molecular formula is C25H33ClN2O2. The van der Waals surface area contributed by atoms with E-state index in [0.29, 0.717) is 18.0 Å². The molecule has 30 heavy (non-hydrogen) atoms. The Bertz CT molecular complexity index is 864. The maximum absolute atomic E-state index is 13.4. The predicted molar refractivity (Wildman–Crippen MR) is 124 cm³/mol. The van der Waals surface area contributed by atoms with Gasteiger partial charge in [-0.15, -0.1) is 0 Å². The largest absolute Gasteiger partial charge is 0.352 e. The fourth-order valence-electron chi connectivity index (χ4n) is 3.40. The quantitative estimate of drug-likeness (QED) is 0.595. The van der Waals surface area contributed by atoms with E-state index >= 15 is 0 Å². The van der Waals surface area contributed by atoms with Crippen LogP contribution in [0.15, 0.2) is 42.5 Å². The van der Waals surface area contributed by atoms with Gasteiger partial charge in [-0.3, -0.25) is 9.59 Å². The Morgan fingerprint density at radius 2 is 1.70 bits per heavy atom. The summed E-state index contributed by atoms with van der Waals surface area (Å²) < 4.78 is 0. The van der Waals surface area contributed by atoms with Gasteiger partial charge in [-0.25, -0.2) is 0 Å². The first-order chi connectivity index (χ1) is 14.2. The molecule has 0 aliphatic rings. The van der Waals surface area contributed by atoms with E-state index in [1.165, 1.54) is 0 Å². The van der Waals surface area contributed by atoms with E-state index in [9.17, 15) is 9.59 Å². The Hall–Kier alpha value is -2.33. The first-order valence-corrected chi connectivity index (χ1v) is 11.0. The number of amides is 2. The number of carbonyl (C=O) groups excluding carboxylic acids is 2. The van der Waals surface area contributed by atoms with Gasteiger partial charge in [0.1, 0.15) is 6.04 Å². The summed E-state index contributed by atoms with van der Waals surface area (Å²) in [5, 5.41) is 3.69. The zero-order valence-electron chi connectivity index (χ0n) is 18.7. The molecule has 0 aliphatic heterocycles. The standard InChI is InChI=1S/C25H33ClN2O2/c1-6-19(5)27-25(30)23(7-2)28(16-20-10-12-22(26)13-11-20)24(29)15-21-14-17(3)8-9-18(21)4/h8-14,19,23H,6-7,15-16H2,1-5H3,(H,27,30)/t19-,23+/m0/s1.